The molecule has 1 saturated carbocycles. The highest BCUT2D eigenvalue weighted by molar-refractivity contribution is 4.89. The molecule has 0 amide bonds. The van der Waals surface area contributed by atoms with E-state index in [0.29, 0.717) is 18.9 Å². The Kier molecular flexibility index (Phi) is 5.00. The summed E-state index contributed by atoms with van der Waals surface area (Å²) in [6.07, 6.45) is 0.835. The molecular formula is C15H26F3NO. The molecule has 0 radical (unpaired) electrons. The van der Waals surface area contributed by atoms with Crippen LogP contribution in [0.15, 0.2) is 0 Å². The molecular weight excluding hydrogens is 267 g/mol. The molecule has 1 saturated heterocycles. The largest absolute Gasteiger partial charge is 0.396 e. The van der Waals surface area contributed by atoms with Crippen LogP contribution in [0.5, 0.6) is 0 Å². The standard InChI is InChI=1S/C15H26F3NO/c1-12-4-6-14(11-20,7-5-12)10-19-8-2-3-13(9-19)15(16,17)18/h12-13,20H,2-11H2,1H3. The first kappa shape index (κ1) is 16.1. The Bertz CT molecular complexity index is 311. The maximum Gasteiger partial charge on any atom is 0.393 e. The van der Waals surface area contributed by atoms with Crippen LogP contribution in [0, 0.1) is 17.3 Å². The number of halogens is 3. The average molecular weight is 293 g/mol. The van der Waals surface area contributed by atoms with E-state index in [9.17, 15) is 18.3 Å². The summed E-state index contributed by atoms with van der Waals surface area (Å²) in [5.41, 5.74) is -0.167. The van der Waals surface area contributed by atoms with E-state index in [0.717, 1.165) is 32.2 Å². The highest BCUT2D eigenvalue weighted by Crippen LogP contribution is 2.41. The van der Waals surface area contributed by atoms with Gasteiger partial charge >= 0.3 is 6.18 Å². The normalized spacial score (nSPS) is 37.0. The molecule has 2 rings (SSSR count). The van der Waals surface area contributed by atoms with Gasteiger partial charge in [0.1, 0.15) is 0 Å². The fourth-order valence-electron chi connectivity index (χ4n) is 3.68. The quantitative estimate of drug-likeness (QED) is 0.861. The second kappa shape index (κ2) is 6.22. The van der Waals surface area contributed by atoms with Gasteiger partial charge in [-0.15, -0.1) is 0 Å². The Labute approximate surface area is 119 Å². The first-order valence-corrected chi connectivity index (χ1v) is 7.75. The molecule has 0 aromatic carbocycles. The van der Waals surface area contributed by atoms with E-state index in [2.05, 4.69) is 6.92 Å². The van der Waals surface area contributed by atoms with Crippen LogP contribution >= 0.6 is 0 Å². The minimum Gasteiger partial charge on any atom is -0.396 e. The van der Waals surface area contributed by atoms with Crippen LogP contribution in [-0.4, -0.2) is 42.4 Å². The number of rotatable bonds is 3. The fourth-order valence-corrected chi connectivity index (χ4v) is 3.68. The average Bonchev–Trinajstić information content (AvgIpc) is 2.41. The first-order chi connectivity index (χ1) is 9.35. The molecule has 2 nitrogen and oxygen atoms in total. The summed E-state index contributed by atoms with van der Waals surface area (Å²) in [7, 11) is 0. The third-order valence-electron chi connectivity index (χ3n) is 5.20. The van der Waals surface area contributed by atoms with E-state index in [1.807, 2.05) is 4.90 Å². The van der Waals surface area contributed by atoms with Crippen molar-refractivity contribution in [2.24, 2.45) is 17.3 Å². The van der Waals surface area contributed by atoms with E-state index < -0.39 is 12.1 Å². The molecule has 1 heterocycles. The van der Waals surface area contributed by atoms with Crippen molar-refractivity contribution >= 4 is 0 Å². The third kappa shape index (κ3) is 3.88. The van der Waals surface area contributed by atoms with Crippen molar-refractivity contribution in [3.05, 3.63) is 0 Å². The zero-order chi connectivity index (χ0) is 14.8. The van der Waals surface area contributed by atoms with Gasteiger partial charge in [-0.1, -0.05) is 19.8 Å². The predicted octanol–water partition coefficient (Wildman–Crippen LogP) is 3.45. The second-order valence-corrected chi connectivity index (χ2v) is 6.96. The summed E-state index contributed by atoms with van der Waals surface area (Å²) in [6, 6.07) is 0. The zero-order valence-electron chi connectivity index (χ0n) is 12.3. The predicted molar refractivity (Wildman–Crippen MR) is 72.4 cm³/mol. The molecule has 1 atom stereocenters. The molecule has 0 bridgehead atoms. The van der Waals surface area contributed by atoms with Gasteiger partial charge in [-0.05, 0) is 38.1 Å². The molecule has 0 aromatic rings. The van der Waals surface area contributed by atoms with E-state index in [1.165, 1.54) is 0 Å². The Morgan fingerprint density at radius 1 is 1.20 bits per heavy atom. The summed E-state index contributed by atoms with van der Waals surface area (Å²) >= 11 is 0. The lowest BCUT2D eigenvalue weighted by molar-refractivity contribution is -0.188. The van der Waals surface area contributed by atoms with Gasteiger partial charge in [0.25, 0.3) is 0 Å². The van der Waals surface area contributed by atoms with Crippen LogP contribution in [0.3, 0.4) is 0 Å². The van der Waals surface area contributed by atoms with Crippen molar-refractivity contribution in [2.45, 2.75) is 51.6 Å². The van der Waals surface area contributed by atoms with Gasteiger partial charge in [-0.2, -0.15) is 13.2 Å². The maximum atomic E-state index is 12.8. The highest BCUT2D eigenvalue weighted by Gasteiger charge is 2.43. The van der Waals surface area contributed by atoms with E-state index in [-0.39, 0.29) is 25.0 Å². The number of nitrogens with zero attached hydrogens (tertiary/aromatic N) is 1. The number of hydrogen-bond acceptors (Lipinski definition) is 2. The smallest absolute Gasteiger partial charge is 0.393 e. The Morgan fingerprint density at radius 2 is 1.85 bits per heavy atom. The van der Waals surface area contributed by atoms with Crippen LogP contribution in [0.4, 0.5) is 13.2 Å². The van der Waals surface area contributed by atoms with Crippen molar-refractivity contribution in [1.82, 2.24) is 4.90 Å². The van der Waals surface area contributed by atoms with Gasteiger partial charge in [0.2, 0.25) is 0 Å². The van der Waals surface area contributed by atoms with Crippen LogP contribution in [0.1, 0.15) is 45.4 Å². The highest BCUT2D eigenvalue weighted by atomic mass is 19.4. The number of aliphatic hydroxyl groups excluding tert-OH is 1. The van der Waals surface area contributed by atoms with Crippen molar-refractivity contribution in [3.63, 3.8) is 0 Å². The molecule has 0 spiro atoms. The number of aliphatic hydroxyl groups is 1. The van der Waals surface area contributed by atoms with Gasteiger partial charge in [-0.3, -0.25) is 0 Å². The van der Waals surface area contributed by atoms with Crippen molar-refractivity contribution in [2.75, 3.05) is 26.2 Å². The molecule has 1 N–H and O–H groups in total. The van der Waals surface area contributed by atoms with Crippen LogP contribution in [0.2, 0.25) is 0 Å². The van der Waals surface area contributed by atoms with E-state index in [1.54, 1.807) is 0 Å². The van der Waals surface area contributed by atoms with Crippen molar-refractivity contribution < 1.29 is 18.3 Å². The molecule has 20 heavy (non-hydrogen) atoms. The summed E-state index contributed by atoms with van der Waals surface area (Å²) < 4.78 is 38.5. The number of likely N-dealkylation sites (tertiary alicyclic amines) is 1. The van der Waals surface area contributed by atoms with Gasteiger partial charge in [0.15, 0.2) is 0 Å². The minimum atomic E-state index is -4.08. The summed E-state index contributed by atoms with van der Waals surface area (Å²) in [5.74, 6) is -0.506. The van der Waals surface area contributed by atoms with Crippen LogP contribution < -0.4 is 0 Å². The lowest BCUT2D eigenvalue weighted by Crippen LogP contribution is -2.48. The topological polar surface area (TPSA) is 23.5 Å². The Morgan fingerprint density at radius 3 is 2.40 bits per heavy atom. The lowest BCUT2D eigenvalue weighted by atomic mass is 9.71. The Balaban J connectivity index is 1.94. The summed E-state index contributed by atoms with van der Waals surface area (Å²) in [5, 5.41) is 9.74. The molecule has 5 heteroatoms. The molecule has 0 aromatic heterocycles. The first-order valence-electron chi connectivity index (χ1n) is 7.75. The molecule has 1 aliphatic carbocycles. The minimum absolute atomic E-state index is 0.104. The monoisotopic (exact) mass is 293 g/mol. The van der Waals surface area contributed by atoms with Gasteiger partial charge in [0, 0.05) is 25.1 Å². The SMILES string of the molecule is CC1CCC(CO)(CN2CCCC(C(F)(F)F)C2)CC1. The van der Waals surface area contributed by atoms with Gasteiger partial charge < -0.3 is 10.0 Å². The number of hydrogen-bond donors (Lipinski definition) is 1. The zero-order valence-corrected chi connectivity index (χ0v) is 12.3. The Hall–Kier alpha value is -0.290. The maximum absolute atomic E-state index is 12.8. The molecule has 1 unspecified atom stereocenters. The van der Waals surface area contributed by atoms with Crippen molar-refractivity contribution in [1.29, 1.82) is 0 Å². The second-order valence-electron chi connectivity index (χ2n) is 6.96. The summed E-state index contributed by atoms with van der Waals surface area (Å²) in [6.45, 7) is 3.79. The van der Waals surface area contributed by atoms with Crippen LogP contribution in [-0.2, 0) is 0 Å². The third-order valence-corrected chi connectivity index (χ3v) is 5.20. The number of piperidine rings is 1. The lowest BCUT2D eigenvalue weighted by Gasteiger charge is -2.44. The number of alkyl halides is 3. The van der Waals surface area contributed by atoms with E-state index >= 15 is 0 Å². The van der Waals surface area contributed by atoms with Gasteiger partial charge in [-0.25, -0.2) is 0 Å². The van der Waals surface area contributed by atoms with Gasteiger partial charge in [0.05, 0.1) is 5.92 Å². The molecule has 2 fully saturated rings. The molecule has 118 valence electrons. The molecule has 2 aliphatic rings. The molecule has 1 aliphatic heterocycles. The van der Waals surface area contributed by atoms with Crippen molar-refractivity contribution in [3.8, 4) is 0 Å². The van der Waals surface area contributed by atoms with E-state index in [4.69, 9.17) is 0 Å². The van der Waals surface area contributed by atoms with Crippen LogP contribution in [0.25, 0.3) is 0 Å². The summed E-state index contributed by atoms with van der Waals surface area (Å²) in [4.78, 5) is 1.94. The fraction of sp³-hybridized carbons (Fsp3) is 1.00.